The van der Waals surface area contributed by atoms with Gasteiger partial charge in [-0.3, -0.25) is 4.79 Å². The van der Waals surface area contributed by atoms with Crippen LogP contribution in [0.3, 0.4) is 0 Å². The number of hydrogen-bond acceptors (Lipinski definition) is 2. The quantitative estimate of drug-likeness (QED) is 0.739. The summed E-state index contributed by atoms with van der Waals surface area (Å²) in [5.41, 5.74) is 2.65. The van der Waals surface area contributed by atoms with Crippen molar-refractivity contribution in [3.63, 3.8) is 0 Å². The lowest BCUT2D eigenvalue weighted by Gasteiger charge is -2.14. The van der Waals surface area contributed by atoms with E-state index in [2.05, 4.69) is 15.9 Å². The summed E-state index contributed by atoms with van der Waals surface area (Å²) in [6.45, 7) is 0.428. The predicted octanol–water partition coefficient (Wildman–Crippen LogP) is 4.02. The molecule has 0 spiro atoms. The van der Waals surface area contributed by atoms with Gasteiger partial charge in [-0.05, 0) is 35.4 Å². The second-order valence-electron chi connectivity index (χ2n) is 5.31. The lowest BCUT2D eigenvalue weighted by molar-refractivity contribution is 0.0697. The predicted molar refractivity (Wildman–Crippen MR) is 96.3 cm³/mol. The molecule has 3 rings (SSSR count). The zero-order valence-electron chi connectivity index (χ0n) is 12.6. The number of benzene rings is 2. The molecule has 0 fully saturated rings. The minimum atomic E-state index is -0.972. The van der Waals surface area contributed by atoms with Gasteiger partial charge in [0.1, 0.15) is 0 Å². The molecule has 0 aliphatic rings. The fourth-order valence-electron chi connectivity index (χ4n) is 2.52. The lowest BCUT2D eigenvalue weighted by atomic mass is 10.1. The van der Waals surface area contributed by atoms with Gasteiger partial charge in [0.05, 0.1) is 17.8 Å². The Balaban J connectivity index is 2.06. The molecule has 1 aromatic heterocycles. The summed E-state index contributed by atoms with van der Waals surface area (Å²) in [5.74, 6) is -0.972. The fourth-order valence-corrected chi connectivity index (χ4v) is 2.93. The number of rotatable bonds is 4. The number of hydrogen-bond donors (Lipinski definition) is 1. The number of aromatic carboxylic acids is 1. The van der Waals surface area contributed by atoms with Crippen LogP contribution in [0.1, 0.15) is 15.9 Å². The number of carboxylic acids is 1. The van der Waals surface area contributed by atoms with E-state index in [1.165, 1.54) is 18.2 Å². The van der Waals surface area contributed by atoms with Crippen LogP contribution in [-0.2, 0) is 6.54 Å². The molecular weight excluding hydrogens is 370 g/mol. The van der Waals surface area contributed by atoms with Crippen LogP contribution < -0.4 is 5.56 Å². The van der Waals surface area contributed by atoms with Crippen molar-refractivity contribution in [2.24, 2.45) is 0 Å². The van der Waals surface area contributed by atoms with Gasteiger partial charge in [0.15, 0.2) is 0 Å². The van der Waals surface area contributed by atoms with E-state index >= 15 is 0 Å². The normalized spacial score (nSPS) is 10.5. The van der Waals surface area contributed by atoms with Gasteiger partial charge in [-0.25, -0.2) is 4.79 Å². The largest absolute Gasteiger partial charge is 0.478 e. The molecule has 0 saturated heterocycles. The average molecular weight is 384 g/mol. The Morgan fingerprint density at radius 1 is 0.958 bits per heavy atom. The summed E-state index contributed by atoms with van der Waals surface area (Å²) in [6.07, 6.45) is 0. The summed E-state index contributed by atoms with van der Waals surface area (Å²) in [7, 11) is 0. The van der Waals surface area contributed by atoms with E-state index in [9.17, 15) is 9.59 Å². The van der Waals surface area contributed by atoms with E-state index < -0.39 is 5.97 Å². The first-order valence-corrected chi connectivity index (χ1v) is 8.12. The number of carboxylic acid groups (broad SMARTS) is 1. The van der Waals surface area contributed by atoms with Crippen LogP contribution in [0.15, 0.2) is 76.0 Å². The summed E-state index contributed by atoms with van der Waals surface area (Å²) >= 11 is 3.50. The third-order valence-corrected chi connectivity index (χ3v) is 4.54. The molecule has 5 heteroatoms. The summed E-state index contributed by atoms with van der Waals surface area (Å²) in [4.78, 5) is 23.3. The molecule has 0 bridgehead atoms. The minimum absolute atomic E-state index is 0.106. The number of carbonyl (C=O) groups is 1. The van der Waals surface area contributed by atoms with Crippen LogP contribution in [-0.4, -0.2) is 15.6 Å². The highest BCUT2D eigenvalue weighted by molar-refractivity contribution is 9.10. The molecular formula is C19H14BrNO3. The van der Waals surface area contributed by atoms with Crippen molar-refractivity contribution in [2.45, 2.75) is 6.54 Å². The molecule has 1 N–H and O–H groups in total. The molecule has 3 aromatic rings. The molecule has 0 amide bonds. The zero-order valence-corrected chi connectivity index (χ0v) is 14.2. The molecule has 0 atom stereocenters. The van der Waals surface area contributed by atoms with Crippen molar-refractivity contribution in [2.75, 3.05) is 0 Å². The molecule has 0 saturated carbocycles. The van der Waals surface area contributed by atoms with Gasteiger partial charge >= 0.3 is 5.97 Å². The molecule has 24 heavy (non-hydrogen) atoms. The van der Waals surface area contributed by atoms with Gasteiger partial charge in [-0.1, -0.05) is 52.3 Å². The maximum absolute atomic E-state index is 12.4. The Bertz CT molecular complexity index is 945. The second-order valence-corrected chi connectivity index (χ2v) is 6.16. The summed E-state index contributed by atoms with van der Waals surface area (Å²) < 4.78 is 2.61. The number of pyridine rings is 1. The molecule has 0 radical (unpaired) electrons. The Morgan fingerprint density at radius 2 is 1.67 bits per heavy atom. The molecule has 0 unspecified atom stereocenters. The first kappa shape index (κ1) is 16.2. The monoisotopic (exact) mass is 383 g/mol. The Labute approximate surface area is 147 Å². The number of halogens is 1. The van der Waals surface area contributed by atoms with Crippen LogP contribution in [0, 0.1) is 0 Å². The Morgan fingerprint density at radius 3 is 2.33 bits per heavy atom. The molecule has 0 aliphatic heterocycles. The molecule has 1 heterocycles. The van der Waals surface area contributed by atoms with Crippen LogP contribution >= 0.6 is 15.9 Å². The van der Waals surface area contributed by atoms with Crippen LogP contribution in [0.5, 0.6) is 0 Å². The van der Waals surface area contributed by atoms with Crippen molar-refractivity contribution in [1.29, 1.82) is 0 Å². The van der Waals surface area contributed by atoms with E-state index in [4.69, 9.17) is 5.11 Å². The van der Waals surface area contributed by atoms with Crippen molar-refractivity contribution < 1.29 is 9.90 Å². The Hall–Kier alpha value is -2.66. The third-order valence-electron chi connectivity index (χ3n) is 3.76. The zero-order chi connectivity index (χ0) is 17.1. The SMILES string of the molecule is O=C(O)c1ccc(-c2cccc(=O)n2Cc2ccccc2Br)cc1. The van der Waals surface area contributed by atoms with Crippen molar-refractivity contribution >= 4 is 21.9 Å². The highest BCUT2D eigenvalue weighted by Crippen LogP contribution is 2.22. The highest BCUT2D eigenvalue weighted by Gasteiger charge is 2.10. The third kappa shape index (κ3) is 3.31. The molecule has 0 aliphatic carbocycles. The molecule has 120 valence electrons. The molecule has 4 nitrogen and oxygen atoms in total. The molecule has 2 aromatic carbocycles. The minimum Gasteiger partial charge on any atom is -0.478 e. The maximum Gasteiger partial charge on any atom is 0.335 e. The first-order chi connectivity index (χ1) is 11.6. The lowest BCUT2D eigenvalue weighted by Crippen LogP contribution is -2.21. The highest BCUT2D eigenvalue weighted by atomic mass is 79.9. The van der Waals surface area contributed by atoms with E-state index in [1.807, 2.05) is 30.3 Å². The van der Waals surface area contributed by atoms with E-state index in [-0.39, 0.29) is 11.1 Å². The van der Waals surface area contributed by atoms with Gasteiger partial charge in [0, 0.05) is 10.5 Å². The van der Waals surface area contributed by atoms with E-state index in [0.29, 0.717) is 6.54 Å². The fraction of sp³-hybridized carbons (Fsp3) is 0.0526. The summed E-state index contributed by atoms with van der Waals surface area (Å²) in [5, 5.41) is 9.01. The van der Waals surface area contributed by atoms with Crippen LogP contribution in [0.2, 0.25) is 0 Å². The van der Waals surface area contributed by atoms with Gasteiger partial charge < -0.3 is 9.67 Å². The van der Waals surface area contributed by atoms with Gasteiger partial charge in [0.2, 0.25) is 0 Å². The summed E-state index contributed by atoms with van der Waals surface area (Å²) in [6, 6.07) is 19.3. The van der Waals surface area contributed by atoms with Crippen molar-refractivity contribution in [3.05, 3.63) is 92.7 Å². The standard InChI is InChI=1S/C19H14BrNO3/c20-16-5-2-1-4-15(16)12-21-17(6-3-7-18(21)22)13-8-10-14(11-9-13)19(23)24/h1-11H,12H2,(H,23,24). The average Bonchev–Trinajstić information content (AvgIpc) is 2.58. The van der Waals surface area contributed by atoms with Crippen LogP contribution in [0.4, 0.5) is 0 Å². The van der Waals surface area contributed by atoms with Gasteiger partial charge in [0.25, 0.3) is 5.56 Å². The maximum atomic E-state index is 12.4. The number of nitrogens with zero attached hydrogens (tertiary/aromatic N) is 1. The van der Waals surface area contributed by atoms with Crippen molar-refractivity contribution in [1.82, 2.24) is 4.57 Å². The second kappa shape index (κ2) is 6.84. The van der Waals surface area contributed by atoms with Crippen LogP contribution in [0.25, 0.3) is 11.3 Å². The van der Waals surface area contributed by atoms with Crippen molar-refractivity contribution in [3.8, 4) is 11.3 Å². The van der Waals surface area contributed by atoms with E-state index in [0.717, 1.165) is 21.3 Å². The number of aromatic nitrogens is 1. The first-order valence-electron chi connectivity index (χ1n) is 7.33. The Kier molecular flexibility index (Phi) is 4.62. The van der Waals surface area contributed by atoms with Gasteiger partial charge in [-0.15, -0.1) is 0 Å². The van der Waals surface area contributed by atoms with E-state index in [1.54, 1.807) is 22.8 Å². The topological polar surface area (TPSA) is 59.3 Å². The van der Waals surface area contributed by atoms with Gasteiger partial charge in [-0.2, -0.15) is 0 Å². The smallest absolute Gasteiger partial charge is 0.335 e.